The minimum atomic E-state index is -0.492. The molecule has 1 amide bonds. The summed E-state index contributed by atoms with van der Waals surface area (Å²) in [6.45, 7) is 0.178. The standard InChI is InChI=1S/C19H13N5O/c20-9-13-4-1-2-5-14(13)11-24-19(25)15(10-21)8-16-12-23-18-17(16)6-3-7-22-18/h1-8,12H,11H2,(H,22,23)(H,24,25)/b15-8+. The van der Waals surface area contributed by atoms with Crippen LogP contribution in [0.15, 0.2) is 54.4 Å². The van der Waals surface area contributed by atoms with Crippen molar-refractivity contribution in [1.82, 2.24) is 15.3 Å². The quantitative estimate of drug-likeness (QED) is 0.567. The fourth-order valence-corrected chi connectivity index (χ4v) is 2.45. The number of nitrogens with zero attached hydrogens (tertiary/aromatic N) is 3. The number of benzene rings is 1. The Balaban J connectivity index is 1.80. The summed E-state index contributed by atoms with van der Waals surface area (Å²) in [5.74, 6) is -0.492. The van der Waals surface area contributed by atoms with E-state index >= 15 is 0 Å². The predicted octanol–water partition coefficient (Wildman–Crippen LogP) is 2.66. The second kappa shape index (κ2) is 7.12. The minimum absolute atomic E-state index is 0.0146. The zero-order valence-corrected chi connectivity index (χ0v) is 13.2. The SMILES string of the molecule is N#C/C(=C\c1c[nH]c2ncccc12)C(=O)NCc1ccccc1C#N. The van der Waals surface area contributed by atoms with Crippen molar-refractivity contribution >= 4 is 23.0 Å². The van der Waals surface area contributed by atoms with Crippen LogP contribution in [0.3, 0.4) is 0 Å². The highest BCUT2D eigenvalue weighted by Gasteiger charge is 2.11. The number of pyridine rings is 1. The number of aromatic amines is 1. The zero-order chi connectivity index (χ0) is 17.6. The first-order valence-corrected chi connectivity index (χ1v) is 7.53. The highest BCUT2D eigenvalue weighted by Crippen LogP contribution is 2.18. The number of hydrogen-bond donors (Lipinski definition) is 2. The van der Waals surface area contributed by atoms with E-state index in [2.05, 4.69) is 21.4 Å². The van der Waals surface area contributed by atoms with Crippen LogP contribution in [-0.2, 0) is 11.3 Å². The van der Waals surface area contributed by atoms with Gasteiger partial charge in [0.2, 0.25) is 0 Å². The summed E-state index contributed by atoms with van der Waals surface area (Å²) < 4.78 is 0. The molecule has 0 fully saturated rings. The molecule has 0 spiro atoms. The van der Waals surface area contributed by atoms with Crippen LogP contribution in [0.5, 0.6) is 0 Å². The minimum Gasteiger partial charge on any atom is -0.347 e. The molecule has 6 heteroatoms. The first-order valence-electron chi connectivity index (χ1n) is 7.53. The molecule has 0 atom stereocenters. The fraction of sp³-hybridized carbons (Fsp3) is 0.0526. The molecular weight excluding hydrogens is 314 g/mol. The molecule has 0 unspecified atom stereocenters. The van der Waals surface area contributed by atoms with Crippen molar-refractivity contribution < 1.29 is 4.79 Å². The number of nitriles is 2. The van der Waals surface area contributed by atoms with Gasteiger partial charge in [-0.15, -0.1) is 0 Å². The molecule has 25 heavy (non-hydrogen) atoms. The Morgan fingerprint density at radius 1 is 1.24 bits per heavy atom. The van der Waals surface area contributed by atoms with Crippen LogP contribution in [-0.4, -0.2) is 15.9 Å². The van der Waals surface area contributed by atoms with Gasteiger partial charge in [-0.25, -0.2) is 4.98 Å². The third kappa shape index (κ3) is 3.39. The lowest BCUT2D eigenvalue weighted by Gasteiger charge is -2.06. The van der Waals surface area contributed by atoms with Gasteiger partial charge in [0.1, 0.15) is 17.3 Å². The van der Waals surface area contributed by atoms with Crippen LogP contribution in [0.2, 0.25) is 0 Å². The molecule has 6 nitrogen and oxygen atoms in total. The molecule has 2 aromatic heterocycles. The van der Waals surface area contributed by atoms with Crippen molar-refractivity contribution in [1.29, 1.82) is 10.5 Å². The average molecular weight is 327 g/mol. The zero-order valence-electron chi connectivity index (χ0n) is 13.2. The molecule has 0 radical (unpaired) electrons. The number of hydrogen-bond acceptors (Lipinski definition) is 4. The predicted molar refractivity (Wildman–Crippen MR) is 92.7 cm³/mol. The highest BCUT2D eigenvalue weighted by atomic mass is 16.1. The van der Waals surface area contributed by atoms with Gasteiger partial charge in [0.25, 0.3) is 5.91 Å². The second-order valence-electron chi connectivity index (χ2n) is 5.27. The van der Waals surface area contributed by atoms with Crippen LogP contribution in [0.4, 0.5) is 0 Å². The summed E-state index contributed by atoms with van der Waals surface area (Å²) in [5, 5.41) is 21.9. The second-order valence-corrected chi connectivity index (χ2v) is 5.27. The van der Waals surface area contributed by atoms with Gasteiger partial charge < -0.3 is 10.3 Å². The van der Waals surface area contributed by atoms with E-state index in [9.17, 15) is 10.1 Å². The van der Waals surface area contributed by atoms with E-state index in [0.29, 0.717) is 22.3 Å². The van der Waals surface area contributed by atoms with E-state index in [-0.39, 0.29) is 12.1 Å². The molecule has 0 bridgehead atoms. The van der Waals surface area contributed by atoms with Crippen molar-refractivity contribution in [3.8, 4) is 12.1 Å². The molecular formula is C19H13N5O. The molecule has 2 heterocycles. The van der Waals surface area contributed by atoms with Crippen LogP contribution in [0.25, 0.3) is 17.1 Å². The Morgan fingerprint density at radius 2 is 2.08 bits per heavy atom. The number of carbonyl (C=O) groups is 1. The van der Waals surface area contributed by atoms with Crippen LogP contribution in [0, 0.1) is 22.7 Å². The van der Waals surface area contributed by atoms with Crippen LogP contribution < -0.4 is 5.32 Å². The van der Waals surface area contributed by atoms with Gasteiger partial charge in [-0.3, -0.25) is 4.79 Å². The van der Waals surface area contributed by atoms with E-state index in [0.717, 1.165) is 5.39 Å². The van der Waals surface area contributed by atoms with Crippen molar-refractivity contribution in [3.63, 3.8) is 0 Å². The summed E-state index contributed by atoms with van der Waals surface area (Å²) in [5.41, 5.74) is 2.58. The lowest BCUT2D eigenvalue weighted by Crippen LogP contribution is -2.24. The van der Waals surface area contributed by atoms with Crippen LogP contribution >= 0.6 is 0 Å². The van der Waals surface area contributed by atoms with Crippen molar-refractivity contribution in [2.75, 3.05) is 0 Å². The van der Waals surface area contributed by atoms with Crippen LogP contribution in [0.1, 0.15) is 16.7 Å². The molecule has 0 aliphatic heterocycles. The maximum atomic E-state index is 12.3. The molecule has 3 aromatic rings. The third-order valence-electron chi connectivity index (χ3n) is 3.73. The van der Waals surface area contributed by atoms with Gasteiger partial charge in [-0.05, 0) is 29.8 Å². The number of carbonyl (C=O) groups excluding carboxylic acids is 1. The number of amides is 1. The molecule has 1 aromatic carbocycles. The maximum absolute atomic E-state index is 12.3. The van der Waals surface area contributed by atoms with E-state index in [1.807, 2.05) is 12.1 Å². The Kier molecular flexibility index (Phi) is 4.55. The summed E-state index contributed by atoms with van der Waals surface area (Å²) >= 11 is 0. The van der Waals surface area contributed by atoms with Crippen molar-refractivity contribution in [2.24, 2.45) is 0 Å². The topological polar surface area (TPSA) is 105 Å². The molecule has 3 rings (SSSR count). The van der Waals surface area contributed by atoms with Gasteiger partial charge in [-0.1, -0.05) is 18.2 Å². The van der Waals surface area contributed by atoms with Crippen molar-refractivity contribution in [2.45, 2.75) is 6.54 Å². The van der Waals surface area contributed by atoms with Gasteiger partial charge in [0, 0.05) is 29.9 Å². The first-order chi connectivity index (χ1) is 12.2. The molecule has 120 valence electrons. The number of fused-ring (bicyclic) bond motifs is 1. The largest absolute Gasteiger partial charge is 0.347 e. The Hall–Kier alpha value is -3.90. The molecule has 0 aliphatic carbocycles. The van der Waals surface area contributed by atoms with Gasteiger partial charge in [0.15, 0.2) is 0 Å². The van der Waals surface area contributed by atoms with Gasteiger partial charge in [0.05, 0.1) is 11.6 Å². The monoisotopic (exact) mass is 327 g/mol. The van der Waals surface area contributed by atoms with E-state index in [1.165, 1.54) is 6.08 Å². The molecule has 0 saturated heterocycles. The fourth-order valence-electron chi connectivity index (χ4n) is 2.45. The van der Waals surface area contributed by atoms with Gasteiger partial charge in [-0.2, -0.15) is 10.5 Å². The maximum Gasteiger partial charge on any atom is 0.262 e. The summed E-state index contributed by atoms with van der Waals surface area (Å²) in [6, 6.07) is 14.6. The summed E-state index contributed by atoms with van der Waals surface area (Å²) in [4.78, 5) is 19.5. The Bertz CT molecular complexity index is 1050. The smallest absolute Gasteiger partial charge is 0.262 e. The van der Waals surface area contributed by atoms with Crippen molar-refractivity contribution in [3.05, 3.63) is 71.1 Å². The Morgan fingerprint density at radius 3 is 2.88 bits per heavy atom. The molecule has 0 saturated carbocycles. The van der Waals surface area contributed by atoms with E-state index in [1.54, 1.807) is 42.7 Å². The lowest BCUT2D eigenvalue weighted by atomic mass is 10.1. The summed E-state index contributed by atoms with van der Waals surface area (Å²) in [6.07, 6.45) is 4.89. The third-order valence-corrected chi connectivity index (χ3v) is 3.73. The van der Waals surface area contributed by atoms with E-state index < -0.39 is 5.91 Å². The highest BCUT2D eigenvalue weighted by molar-refractivity contribution is 6.03. The molecule has 0 aliphatic rings. The normalized spacial score (nSPS) is 10.9. The molecule has 2 N–H and O–H groups in total. The number of H-pyrrole nitrogens is 1. The average Bonchev–Trinajstić information content (AvgIpc) is 3.07. The number of aromatic nitrogens is 2. The van der Waals surface area contributed by atoms with Gasteiger partial charge >= 0.3 is 0 Å². The number of rotatable bonds is 4. The summed E-state index contributed by atoms with van der Waals surface area (Å²) in [7, 11) is 0. The lowest BCUT2D eigenvalue weighted by molar-refractivity contribution is -0.117. The Labute approximate surface area is 144 Å². The number of nitrogens with one attached hydrogen (secondary N) is 2. The first kappa shape index (κ1) is 16.0. The van der Waals surface area contributed by atoms with E-state index in [4.69, 9.17) is 5.26 Å².